The molecule has 2 aliphatic heterocycles. The maximum Gasteiger partial charge on any atom is 0.254 e. The van der Waals surface area contributed by atoms with Gasteiger partial charge in [0.2, 0.25) is 11.8 Å². The summed E-state index contributed by atoms with van der Waals surface area (Å²) in [6.45, 7) is 2.03. The number of carbonyl (C=O) groups is 4. The second-order valence-corrected chi connectivity index (χ2v) is 13.1. The average molecular weight is 688 g/mol. The largest absolute Gasteiger partial charge is 0.504 e. The first-order valence-corrected chi connectivity index (χ1v) is 15.9. The molecule has 1 saturated carbocycles. The Morgan fingerprint density at radius 1 is 1.05 bits per heavy atom. The fourth-order valence-electron chi connectivity index (χ4n) is 7.14. The number of nitrogens with zero attached hydrogens (tertiary/aromatic N) is 2. The number of aromatic hydroxyl groups is 1. The first kappa shape index (κ1) is 29.9. The lowest BCUT2D eigenvalue weighted by Gasteiger charge is -2.49. The first-order valence-electron chi connectivity index (χ1n) is 14.0. The van der Waals surface area contributed by atoms with Crippen LogP contribution in [0.15, 0.2) is 60.2 Å². The number of fused-ring (bicyclic) bond motifs is 4. The van der Waals surface area contributed by atoms with Gasteiger partial charge in [0, 0.05) is 5.92 Å². The molecule has 4 aliphatic rings. The van der Waals surface area contributed by atoms with Gasteiger partial charge in [0.1, 0.15) is 0 Å². The van der Waals surface area contributed by atoms with Crippen molar-refractivity contribution in [2.45, 2.75) is 35.9 Å². The van der Waals surface area contributed by atoms with Gasteiger partial charge in [-0.3, -0.25) is 29.0 Å². The van der Waals surface area contributed by atoms with Crippen LogP contribution in [0.2, 0.25) is 0 Å². The van der Waals surface area contributed by atoms with E-state index in [0.717, 1.165) is 16.9 Å². The predicted molar refractivity (Wildman–Crippen MR) is 166 cm³/mol. The highest BCUT2D eigenvalue weighted by atomic mass is 79.9. The molecule has 1 N–H and O–H groups in total. The summed E-state index contributed by atoms with van der Waals surface area (Å²) in [6, 6.07) is 12.1. The third-order valence-electron chi connectivity index (χ3n) is 9.36. The number of halogens is 3. The number of hydrogen-bond acceptors (Lipinski definition) is 6. The van der Waals surface area contributed by atoms with Gasteiger partial charge in [-0.05, 0) is 60.6 Å². The highest BCUT2D eigenvalue weighted by Crippen LogP contribution is 2.63. The molecule has 2 aromatic carbocycles. The fourth-order valence-corrected chi connectivity index (χ4v) is 8.52. The molecule has 2 aromatic rings. The summed E-state index contributed by atoms with van der Waals surface area (Å²) in [6.07, 6.45) is 6.38. The van der Waals surface area contributed by atoms with E-state index in [-0.39, 0.29) is 41.6 Å². The molecule has 0 aromatic heterocycles. The third-order valence-corrected chi connectivity index (χ3v) is 11.3. The fraction of sp³-hybridized carbons (Fsp3) is 0.375. The van der Waals surface area contributed by atoms with Crippen LogP contribution in [-0.2, 0) is 25.6 Å². The van der Waals surface area contributed by atoms with E-state index >= 15 is 0 Å². The lowest BCUT2D eigenvalue weighted by Crippen LogP contribution is -2.60. The minimum Gasteiger partial charge on any atom is -0.504 e. The van der Waals surface area contributed by atoms with E-state index in [1.54, 1.807) is 36.4 Å². The quantitative estimate of drug-likeness (QED) is 0.188. The predicted octanol–water partition coefficient (Wildman–Crippen LogP) is 5.42. The second-order valence-electron chi connectivity index (χ2n) is 11.4. The molecule has 8 nitrogen and oxygen atoms in total. The van der Waals surface area contributed by atoms with Gasteiger partial charge in [0.25, 0.3) is 11.8 Å². The van der Waals surface area contributed by atoms with Gasteiger partial charge in [-0.2, -0.15) is 0 Å². The molecular weight excluding hydrogens is 659 g/mol. The number of aryl methyl sites for hydroxylation is 1. The minimum atomic E-state index is -1.87. The average Bonchev–Trinajstić information content (AvgIpc) is 3.35. The van der Waals surface area contributed by atoms with Gasteiger partial charge in [0.15, 0.2) is 21.2 Å². The van der Waals surface area contributed by atoms with E-state index in [9.17, 15) is 24.3 Å². The lowest BCUT2D eigenvalue weighted by molar-refractivity contribution is -0.138. The van der Waals surface area contributed by atoms with Crippen LogP contribution in [-0.4, -0.2) is 55.9 Å². The van der Waals surface area contributed by atoms with Gasteiger partial charge >= 0.3 is 0 Å². The van der Waals surface area contributed by atoms with Crippen LogP contribution >= 0.6 is 39.1 Å². The summed E-state index contributed by atoms with van der Waals surface area (Å²) >= 11 is 17.6. The zero-order valence-electron chi connectivity index (χ0n) is 23.4. The topological polar surface area (TPSA) is 104 Å². The summed E-state index contributed by atoms with van der Waals surface area (Å²) in [7, 11) is 1.44. The van der Waals surface area contributed by atoms with Crippen molar-refractivity contribution < 1.29 is 29.0 Å². The number of alkyl halides is 3. The van der Waals surface area contributed by atoms with Crippen LogP contribution in [0.4, 0.5) is 5.69 Å². The molecule has 224 valence electrons. The molecule has 6 unspecified atom stereocenters. The van der Waals surface area contributed by atoms with Crippen molar-refractivity contribution in [1.29, 1.82) is 0 Å². The molecule has 2 aliphatic carbocycles. The van der Waals surface area contributed by atoms with E-state index in [0.29, 0.717) is 16.8 Å². The van der Waals surface area contributed by atoms with E-state index in [1.807, 2.05) is 25.1 Å². The molecule has 6 atom stereocenters. The smallest absolute Gasteiger partial charge is 0.254 e. The zero-order chi connectivity index (χ0) is 30.8. The van der Waals surface area contributed by atoms with Gasteiger partial charge in [-0.15, -0.1) is 23.2 Å². The molecule has 6 rings (SSSR count). The number of imide groups is 2. The van der Waals surface area contributed by atoms with Crippen molar-refractivity contribution in [1.82, 2.24) is 4.90 Å². The molecule has 11 heteroatoms. The molecule has 3 fully saturated rings. The number of rotatable bonds is 6. The van der Waals surface area contributed by atoms with Crippen molar-refractivity contribution in [3.63, 3.8) is 0 Å². The summed E-state index contributed by atoms with van der Waals surface area (Å²) in [5.41, 5.74) is 2.85. The molecule has 2 heterocycles. The molecule has 2 saturated heterocycles. The number of phenols is 1. The first-order chi connectivity index (χ1) is 20.5. The van der Waals surface area contributed by atoms with E-state index in [4.69, 9.17) is 27.9 Å². The lowest BCUT2D eigenvalue weighted by atomic mass is 9.57. The van der Waals surface area contributed by atoms with Crippen LogP contribution in [0.5, 0.6) is 11.5 Å². The normalized spacial score (nSPS) is 31.8. The Morgan fingerprint density at radius 2 is 1.77 bits per heavy atom. The Bertz CT molecular complexity index is 1610. The van der Waals surface area contributed by atoms with Crippen LogP contribution in [0.3, 0.4) is 0 Å². The molecule has 43 heavy (non-hydrogen) atoms. The van der Waals surface area contributed by atoms with Crippen LogP contribution in [0.25, 0.3) is 6.08 Å². The number of allylic oxidation sites excluding steroid dienone is 3. The molecule has 0 radical (unpaired) electrons. The number of carbonyl (C=O) groups excluding carboxylic acids is 4. The van der Waals surface area contributed by atoms with E-state index in [2.05, 4.69) is 15.9 Å². The number of likely N-dealkylation sites (tertiary alicyclic amines) is 1. The van der Waals surface area contributed by atoms with Gasteiger partial charge in [-0.25, -0.2) is 0 Å². The Balaban J connectivity index is 1.45. The standard InChI is InChI=1S/C32H29BrCl2N2O6/c1-3-17-4-8-19(9-5-17)37-27(39)21-11-10-20-22(26(21)28(37)40)15-31(34)29(41)36(16-33)30(42)32(31,35)23(20)12-6-18-7-13-24(38)25(14-18)43-2/h4-10,12-14,21-23,26,38H,3,11,15-16H2,1-2H3. The second kappa shape index (κ2) is 10.8. The number of anilines is 1. The number of benzene rings is 2. The van der Waals surface area contributed by atoms with Gasteiger partial charge in [0.05, 0.1) is 30.1 Å². The van der Waals surface area contributed by atoms with E-state index in [1.165, 1.54) is 18.1 Å². The number of ether oxygens (including phenoxy) is 1. The summed E-state index contributed by atoms with van der Waals surface area (Å²) in [5.74, 6) is -4.54. The zero-order valence-corrected chi connectivity index (χ0v) is 26.5. The van der Waals surface area contributed by atoms with E-state index < -0.39 is 45.2 Å². The Kier molecular flexibility index (Phi) is 7.50. The Hall–Kier alpha value is -3.14. The summed E-state index contributed by atoms with van der Waals surface area (Å²) < 4.78 is 5.23. The third kappa shape index (κ3) is 4.22. The van der Waals surface area contributed by atoms with Gasteiger partial charge in [-0.1, -0.05) is 64.9 Å². The van der Waals surface area contributed by atoms with Crippen molar-refractivity contribution in [3.8, 4) is 11.5 Å². The highest BCUT2D eigenvalue weighted by molar-refractivity contribution is 9.09. The van der Waals surface area contributed by atoms with Crippen molar-refractivity contribution >= 4 is 74.5 Å². The SMILES string of the molecule is CCc1ccc(N2C(=O)C3CC=C4C(CC5(Cl)C(=O)N(CBr)C(=O)C5(Cl)C4C=Cc4ccc(O)c(OC)c4)C3C2=O)cc1. The highest BCUT2D eigenvalue weighted by Gasteiger charge is 2.75. The van der Waals surface area contributed by atoms with Crippen LogP contribution in [0.1, 0.15) is 30.9 Å². The summed E-state index contributed by atoms with van der Waals surface area (Å²) in [5, 5.41) is 10.0. The van der Waals surface area contributed by atoms with Crippen molar-refractivity contribution in [2.75, 3.05) is 17.5 Å². The van der Waals surface area contributed by atoms with Crippen molar-refractivity contribution in [3.05, 3.63) is 71.3 Å². The molecule has 0 spiro atoms. The van der Waals surface area contributed by atoms with Gasteiger partial charge < -0.3 is 9.84 Å². The maximum atomic E-state index is 14.1. The number of hydrogen-bond donors (Lipinski definition) is 1. The number of amides is 4. The number of methoxy groups -OCH3 is 1. The number of phenolic OH excluding ortho intramolecular Hbond substituents is 1. The molecule has 0 bridgehead atoms. The monoisotopic (exact) mass is 686 g/mol. The van der Waals surface area contributed by atoms with Crippen molar-refractivity contribution in [2.24, 2.45) is 23.7 Å². The van der Waals surface area contributed by atoms with Crippen LogP contribution in [0, 0.1) is 23.7 Å². The Labute approximate surface area is 267 Å². The molecule has 4 amide bonds. The summed E-state index contributed by atoms with van der Waals surface area (Å²) in [4.78, 5) is 53.8. The Morgan fingerprint density at radius 3 is 2.42 bits per heavy atom. The van der Waals surface area contributed by atoms with Crippen LogP contribution < -0.4 is 9.64 Å². The minimum absolute atomic E-state index is 0.0326. The molecular formula is C32H29BrCl2N2O6. The maximum absolute atomic E-state index is 14.1.